The monoisotopic (exact) mass is 674 g/mol. The standard InChI is InChI=1S/C36H32Cl2N2O7/c1-16-5-7-18(11-25(16)37)39-33(42)22-10-9-21-23(29(22)35(39)44)15-24-31(30(21)32-27(46-3)13-20(41)14-28(32)47-4)36(45)40(34(24)43)19-8-6-17(2)26(38)12-19/h5-9,11-14,22-24,29-31,41H,10,15H2,1-4H3/t22-,23+,24+,29-,30-,31+/m0/s1. The number of allylic oxidation sites excluding steroid dienone is 2. The summed E-state index contributed by atoms with van der Waals surface area (Å²) in [5.74, 6) is -5.42. The minimum Gasteiger partial charge on any atom is -0.508 e. The van der Waals surface area contributed by atoms with Crippen molar-refractivity contribution in [1.29, 1.82) is 0 Å². The quantitative estimate of drug-likeness (QED) is 0.247. The van der Waals surface area contributed by atoms with Crippen LogP contribution in [0.4, 0.5) is 11.4 Å². The van der Waals surface area contributed by atoms with E-state index in [2.05, 4.69) is 0 Å². The average molecular weight is 676 g/mol. The third kappa shape index (κ3) is 4.65. The molecule has 2 aliphatic heterocycles. The number of benzene rings is 3. The molecule has 1 saturated carbocycles. The number of carbonyl (C=O) groups excluding carboxylic acids is 4. The van der Waals surface area contributed by atoms with Crippen LogP contribution in [0.15, 0.2) is 60.2 Å². The number of aryl methyl sites for hydroxylation is 2. The second-order valence-corrected chi connectivity index (χ2v) is 13.5. The van der Waals surface area contributed by atoms with Gasteiger partial charge in [0.2, 0.25) is 23.6 Å². The van der Waals surface area contributed by atoms with Crippen LogP contribution < -0.4 is 19.3 Å². The summed E-state index contributed by atoms with van der Waals surface area (Å²) in [6, 6.07) is 13.0. The number of amides is 4. The maximum absolute atomic E-state index is 14.5. The molecule has 0 unspecified atom stereocenters. The van der Waals surface area contributed by atoms with Crippen LogP contribution in [-0.2, 0) is 19.2 Å². The Morgan fingerprint density at radius 2 is 1.21 bits per heavy atom. The van der Waals surface area contributed by atoms with E-state index in [9.17, 15) is 24.3 Å². The Bertz CT molecular complexity index is 1900. The highest BCUT2D eigenvalue weighted by Gasteiger charge is 2.63. The van der Waals surface area contributed by atoms with E-state index >= 15 is 0 Å². The zero-order valence-corrected chi connectivity index (χ0v) is 27.6. The Labute approximate surface area is 281 Å². The van der Waals surface area contributed by atoms with E-state index in [1.807, 2.05) is 19.9 Å². The maximum atomic E-state index is 14.5. The van der Waals surface area contributed by atoms with Crippen molar-refractivity contribution in [2.24, 2.45) is 29.6 Å². The van der Waals surface area contributed by atoms with Gasteiger partial charge >= 0.3 is 0 Å². The predicted molar refractivity (Wildman–Crippen MR) is 176 cm³/mol. The first-order chi connectivity index (χ1) is 22.5. The van der Waals surface area contributed by atoms with Crippen molar-refractivity contribution in [3.8, 4) is 17.2 Å². The van der Waals surface area contributed by atoms with Gasteiger partial charge in [-0.3, -0.25) is 19.2 Å². The largest absolute Gasteiger partial charge is 0.508 e. The van der Waals surface area contributed by atoms with Gasteiger partial charge in [-0.25, -0.2) is 9.80 Å². The summed E-state index contributed by atoms with van der Waals surface area (Å²) in [6.07, 6.45) is 2.41. The Morgan fingerprint density at radius 1 is 0.702 bits per heavy atom. The van der Waals surface area contributed by atoms with Gasteiger partial charge in [-0.15, -0.1) is 0 Å². The molecule has 0 spiro atoms. The van der Waals surface area contributed by atoms with Crippen molar-refractivity contribution >= 4 is 58.2 Å². The van der Waals surface area contributed by atoms with Crippen molar-refractivity contribution in [3.63, 3.8) is 0 Å². The molecule has 242 valence electrons. The molecule has 3 aromatic carbocycles. The smallest absolute Gasteiger partial charge is 0.238 e. The minimum absolute atomic E-state index is 0.0993. The molecule has 0 bridgehead atoms. The molecule has 1 N–H and O–H groups in total. The number of ether oxygens (including phenoxy) is 2. The van der Waals surface area contributed by atoms with Crippen LogP contribution >= 0.6 is 23.2 Å². The second-order valence-electron chi connectivity index (χ2n) is 12.7. The van der Waals surface area contributed by atoms with Gasteiger partial charge in [0.25, 0.3) is 0 Å². The van der Waals surface area contributed by atoms with E-state index in [1.165, 1.54) is 36.2 Å². The van der Waals surface area contributed by atoms with Crippen molar-refractivity contribution in [2.75, 3.05) is 24.0 Å². The molecule has 7 rings (SSSR count). The number of phenols is 1. The lowest BCUT2D eigenvalue weighted by molar-refractivity contribution is -0.126. The number of anilines is 2. The van der Waals surface area contributed by atoms with Gasteiger partial charge in [-0.2, -0.15) is 0 Å². The molecular weight excluding hydrogens is 643 g/mol. The SMILES string of the molecule is COc1cc(O)cc(OC)c1[C@H]1C2=CC[C@@H]3C(=O)N(c4ccc(C)c(Cl)c4)C(=O)[C@@H]3[C@@H]2C[C@H]2C(=O)N(c3ccc(C)c(Cl)c3)C(=O)[C@@H]12. The van der Waals surface area contributed by atoms with Crippen molar-refractivity contribution in [2.45, 2.75) is 32.6 Å². The Hall–Kier alpha value is -4.34. The number of nitrogens with zero attached hydrogens (tertiary/aromatic N) is 2. The third-order valence-electron chi connectivity index (χ3n) is 10.3. The highest BCUT2D eigenvalue weighted by molar-refractivity contribution is 6.33. The molecule has 2 aliphatic carbocycles. The van der Waals surface area contributed by atoms with Gasteiger partial charge in [-0.05, 0) is 68.0 Å². The summed E-state index contributed by atoms with van der Waals surface area (Å²) in [7, 11) is 2.90. The summed E-state index contributed by atoms with van der Waals surface area (Å²) < 4.78 is 11.5. The van der Waals surface area contributed by atoms with Gasteiger partial charge in [0, 0.05) is 33.7 Å². The van der Waals surface area contributed by atoms with Crippen LogP contribution in [0.25, 0.3) is 0 Å². The Balaban J connectivity index is 1.39. The molecule has 0 radical (unpaired) electrons. The van der Waals surface area contributed by atoms with Crippen LogP contribution in [0.2, 0.25) is 10.0 Å². The molecule has 0 aromatic heterocycles. The van der Waals surface area contributed by atoms with E-state index in [0.717, 1.165) is 16.7 Å². The van der Waals surface area contributed by atoms with Gasteiger partial charge in [-0.1, -0.05) is 47.0 Å². The molecule has 6 atom stereocenters. The topological polar surface area (TPSA) is 113 Å². The Morgan fingerprint density at radius 3 is 1.72 bits per heavy atom. The fraction of sp³-hybridized carbons (Fsp3) is 0.333. The van der Waals surface area contributed by atoms with Crippen LogP contribution in [0, 0.1) is 43.4 Å². The highest BCUT2D eigenvalue weighted by Crippen LogP contribution is 2.61. The lowest BCUT2D eigenvalue weighted by Gasteiger charge is -2.44. The first-order valence-corrected chi connectivity index (χ1v) is 16.1. The fourth-order valence-corrected chi connectivity index (χ4v) is 8.44. The number of hydrogen-bond donors (Lipinski definition) is 1. The zero-order chi connectivity index (χ0) is 33.5. The molecule has 3 aromatic rings. The van der Waals surface area contributed by atoms with E-state index in [1.54, 1.807) is 36.4 Å². The normalized spacial score (nSPS) is 26.6. The molecular formula is C36H32Cl2N2O7. The van der Waals surface area contributed by atoms with Gasteiger partial charge in [0.15, 0.2) is 0 Å². The highest BCUT2D eigenvalue weighted by atomic mass is 35.5. The number of halogens is 2. The first kappa shape index (κ1) is 31.3. The van der Waals surface area contributed by atoms with Crippen LogP contribution in [-0.4, -0.2) is 43.0 Å². The number of carbonyl (C=O) groups is 4. The van der Waals surface area contributed by atoms with E-state index in [4.69, 9.17) is 32.7 Å². The Kier molecular flexibility index (Phi) is 7.60. The molecule has 11 heteroatoms. The zero-order valence-electron chi connectivity index (χ0n) is 26.1. The molecule has 4 amide bonds. The number of imide groups is 2. The number of phenolic OH excluding ortho intramolecular Hbond substituents is 1. The summed E-state index contributed by atoms with van der Waals surface area (Å²) in [6.45, 7) is 3.67. The van der Waals surface area contributed by atoms with Gasteiger partial charge in [0.1, 0.15) is 17.2 Å². The lowest BCUT2D eigenvalue weighted by Crippen LogP contribution is -2.43. The van der Waals surface area contributed by atoms with Crippen LogP contribution in [0.5, 0.6) is 17.2 Å². The summed E-state index contributed by atoms with van der Waals surface area (Å²) in [5.41, 5.74) is 3.63. The van der Waals surface area contributed by atoms with Gasteiger partial charge < -0.3 is 14.6 Å². The minimum atomic E-state index is -0.867. The van der Waals surface area contributed by atoms with Gasteiger partial charge in [0.05, 0.1) is 49.3 Å². The van der Waals surface area contributed by atoms with Crippen molar-refractivity contribution < 1.29 is 33.8 Å². The summed E-state index contributed by atoms with van der Waals surface area (Å²) in [5, 5.41) is 11.3. The number of fused-ring (bicyclic) bond motifs is 4. The van der Waals surface area contributed by atoms with Crippen LogP contribution in [0.1, 0.15) is 35.4 Å². The first-order valence-electron chi connectivity index (χ1n) is 15.4. The molecule has 4 aliphatic rings. The molecule has 2 saturated heterocycles. The molecule has 3 fully saturated rings. The maximum Gasteiger partial charge on any atom is 0.238 e. The number of aromatic hydroxyl groups is 1. The second kappa shape index (κ2) is 11.4. The molecule has 9 nitrogen and oxygen atoms in total. The predicted octanol–water partition coefficient (Wildman–Crippen LogP) is 6.38. The summed E-state index contributed by atoms with van der Waals surface area (Å²) >= 11 is 12.8. The number of methoxy groups -OCH3 is 2. The van der Waals surface area contributed by atoms with E-state index in [0.29, 0.717) is 27.0 Å². The third-order valence-corrected chi connectivity index (χ3v) is 11.1. The molecule has 47 heavy (non-hydrogen) atoms. The fourth-order valence-electron chi connectivity index (χ4n) is 8.09. The lowest BCUT2D eigenvalue weighted by atomic mass is 9.57. The number of rotatable bonds is 5. The van der Waals surface area contributed by atoms with E-state index in [-0.39, 0.29) is 41.9 Å². The molecule has 2 heterocycles. The summed E-state index contributed by atoms with van der Waals surface area (Å²) in [4.78, 5) is 59.4. The van der Waals surface area contributed by atoms with Crippen LogP contribution in [0.3, 0.4) is 0 Å². The van der Waals surface area contributed by atoms with E-state index < -0.39 is 47.3 Å². The van der Waals surface area contributed by atoms with Crippen molar-refractivity contribution in [3.05, 3.63) is 86.9 Å². The number of hydrogen-bond acceptors (Lipinski definition) is 7. The average Bonchev–Trinajstić information content (AvgIpc) is 3.46. The van der Waals surface area contributed by atoms with Crippen molar-refractivity contribution in [1.82, 2.24) is 0 Å².